The number of anilines is 1. The van der Waals surface area contributed by atoms with Gasteiger partial charge in [-0.05, 0) is 92.8 Å². The molecule has 1 saturated heterocycles. The van der Waals surface area contributed by atoms with Crippen molar-refractivity contribution in [3.8, 4) is 11.5 Å². The molecule has 4 atom stereocenters. The zero-order valence-corrected chi connectivity index (χ0v) is 25.6. The molecule has 3 aliphatic carbocycles. The van der Waals surface area contributed by atoms with E-state index in [0.29, 0.717) is 31.2 Å². The smallest absolute Gasteiger partial charge is 0.488 e. The molecule has 0 saturated carbocycles. The number of imide groups is 1. The number of carbonyl (C=O) groups is 4. The third kappa shape index (κ3) is 4.18. The Morgan fingerprint density at radius 3 is 2.45 bits per heavy atom. The summed E-state index contributed by atoms with van der Waals surface area (Å²) in [5, 5.41) is 29.9. The first-order valence-electron chi connectivity index (χ1n) is 13.2. The van der Waals surface area contributed by atoms with E-state index in [1.165, 1.54) is 25.3 Å². The monoisotopic (exact) mass is 695 g/mol. The van der Waals surface area contributed by atoms with Gasteiger partial charge in [-0.25, -0.2) is 0 Å². The van der Waals surface area contributed by atoms with Crippen molar-refractivity contribution in [1.29, 1.82) is 0 Å². The Morgan fingerprint density at radius 2 is 1.76 bits per heavy atom. The van der Waals surface area contributed by atoms with Crippen LogP contribution in [0.15, 0.2) is 73.7 Å². The molecular formula is C30H24BBr2NO8. The number of amides is 2. The first kappa shape index (κ1) is 28.8. The lowest BCUT2D eigenvalue weighted by molar-refractivity contribution is -0.123. The van der Waals surface area contributed by atoms with E-state index in [1.807, 2.05) is 6.08 Å². The Labute approximate surface area is 257 Å². The van der Waals surface area contributed by atoms with E-state index >= 15 is 0 Å². The Kier molecular flexibility index (Phi) is 7.16. The highest BCUT2D eigenvalue weighted by molar-refractivity contribution is 9.13. The SMILES string of the molecule is COc1cc(C2C3=CCC4C(=O)N(c5cccc(B(O)O)c5)C(=O)C4C3CC3=C2C(=O)C=C(C)C3=O)c(Br)c(Br)c1O. The number of fused-ring (bicyclic) bond motifs is 3. The number of benzene rings is 2. The summed E-state index contributed by atoms with van der Waals surface area (Å²) >= 11 is 6.95. The van der Waals surface area contributed by atoms with Crippen LogP contribution in [0.5, 0.6) is 11.5 Å². The molecule has 3 N–H and O–H groups in total. The number of carbonyl (C=O) groups excluding carboxylic acids is 4. The molecule has 42 heavy (non-hydrogen) atoms. The first-order valence-corrected chi connectivity index (χ1v) is 14.8. The van der Waals surface area contributed by atoms with Crippen molar-refractivity contribution in [2.24, 2.45) is 17.8 Å². The predicted octanol–water partition coefficient (Wildman–Crippen LogP) is 3.24. The van der Waals surface area contributed by atoms with Gasteiger partial charge in [-0.1, -0.05) is 23.8 Å². The van der Waals surface area contributed by atoms with Crippen LogP contribution in [0.1, 0.15) is 31.2 Å². The number of hydrogen-bond acceptors (Lipinski definition) is 8. The number of hydrogen-bond donors (Lipinski definition) is 3. The number of halogens is 2. The van der Waals surface area contributed by atoms with Crippen molar-refractivity contribution >= 4 is 73.5 Å². The van der Waals surface area contributed by atoms with Gasteiger partial charge >= 0.3 is 7.12 Å². The average molecular weight is 697 g/mol. The second kappa shape index (κ2) is 10.4. The lowest BCUT2D eigenvalue weighted by atomic mass is 9.59. The van der Waals surface area contributed by atoms with Crippen LogP contribution >= 0.6 is 31.9 Å². The molecular weight excluding hydrogens is 673 g/mol. The Balaban J connectivity index is 1.51. The normalized spacial score (nSPS) is 25.1. The van der Waals surface area contributed by atoms with Gasteiger partial charge in [0.25, 0.3) is 0 Å². The molecule has 1 heterocycles. The van der Waals surface area contributed by atoms with Gasteiger partial charge < -0.3 is 19.9 Å². The first-order chi connectivity index (χ1) is 20.0. The molecule has 4 aliphatic rings. The standard InChI is InChI=1S/C30H24BBr2NO8/c1-12-8-20(35)24-19(27(12)36)10-17-15(22(24)18-11-21(42-2)28(37)26(33)25(18)32)6-7-16-23(17)30(39)34(29(16)38)14-5-3-4-13(9-14)31(40)41/h3-6,8-9,11,16-17,22-23,37,40-41H,7,10H2,1-2H3. The maximum atomic E-state index is 14.1. The maximum absolute atomic E-state index is 14.1. The molecule has 6 rings (SSSR count). The summed E-state index contributed by atoms with van der Waals surface area (Å²) in [6.45, 7) is 1.58. The minimum Gasteiger partial charge on any atom is -0.503 e. The number of aromatic hydroxyl groups is 1. The van der Waals surface area contributed by atoms with Crippen LogP contribution in [0, 0.1) is 17.8 Å². The maximum Gasteiger partial charge on any atom is 0.488 e. The lowest BCUT2D eigenvalue weighted by Gasteiger charge is -2.42. The fourth-order valence-corrected chi connectivity index (χ4v) is 7.75. The molecule has 1 fully saturated rings. The molecule has 4 unspecified atom stereocenters. The van der Waals surface area contributed by atoms with Gasteiger partial charge in [0.2, 0.25) is 11.8 Å². The van der Waals surface area contributed by atoms with Crippen molar-refractivity contribution in [3.05, 3.63) is 79.3 Å². The van der Waals surface area contributed by atoms with Gasteiger partial charge in [0.15, 0.2) is 23.1 Å². The molecule has 2 aromatic carbocycles. The van der Waals surface area contributed by atoms with Gasteiger partial charge in [-0.15, -0.1) is 0 Å². The lowest BCUT2D eigenvalue weighted by Crippen LogP contribution is -2.40. The third-order valence-corrected chi connectivity index (χ3v) is 10.9. The number of phenolic OH excluding ortho intramolecular Hbond substituents is 1. The molecule has 9 nitrogen and oxygen atoms in total. The van der Waals surface area contributed by atoms with E-state index in [0.717, 1.165) is 10.5 Å². The fourth-order valence-electron chi connectivity index (χ4n) is 6.79. The summed E-state index contributed by atoms with van der Waals surface area (Å²) in [6, 6.07) is 7.59. The number of nitrogens with zero attached hydrogens (tertiary/aromatic N) is 1. The molecule has 12 heteroatoms. The average Bonchev–Trinajstić information content (AvgIpc) is 3.23. The van der Waals surface area contributed by atoms with Crippen molar-refractivity contribution in [2.75, 3.05) is 12.0 Å². The minimum atomic E-state index is -1.77. The number of phenols is 1. The number of ketones is 2. The predicted molar refractivity (Wildman–Crippen MR) is 160 cm³/mol. The third-order valence-electron chi connectivity index (χ3n) is 8.69. The molecule has 2 amide bonds. The Morgan fingerprint density at radius 1 is 1.02 bits per heavy atom. The molecule has 1 aliphatic heterocycles. The van der Waals surface area contributed by atoms with E-state index in [-0.39, 0.29) is 47.1 Å². The van der Waals surface area contributed by atoms with Crippen molar-refractivity contribution in [2.45, 2.75) is 25.7 Å². The Bertz CT molecular complexity index is 1710. The van der Waals surface area contributed by atoms with E-state index in [4.69, 9.17) is 4.74 Å². The summed E-state index contributed by atoms with van der Waals surface area (Å²) in [7, 11) is -0.370. The zero-order chi connectivity index (χ0) is 30.2. The summed E-state index contributed by atoms with van der Waals surface area (Å²) in [5.41, 5.74) is 2.60. The fraction of sp³-hybridized carbons (Fsp3) is 0.267. The van der Waals surface area contributed by atoms with Gasteiger partial charge in [0, 0.05) is 27.1 Å². The number of ether oxygens (including phenoxy) is 1. The molecule has 0 aromatic heterocycles. The number of methoxy groups -OCH3 is 1. The summed E-state index contributed by atoms with van der Waals surface area (Å²) in [4.78, 5) is 55.9. The van der Waals surface area contributed by atoms with Gasteiger partial charge in [-0.2, -0.15) is 0 Å². The van der Waals surface area contributed by atoms with Crippen molar-refractivity contribution in [3.63, 3.8) is 0 Å². The van der Waals surface area contributed by atoms with E-state index in [9.17, 15) is 34.3 Å². The van der Waals surface area contributed by atoms with Gasteiger partial charge in [-0.3, -0.25) is 24.1 Å². The van der Waals surface area contributed by atoms with Crippen molar-refractivity contribution in [1.82, 2.24) is 0 Å². The second-order valence-corrected chi connectivity index (χ2v) is 12.4. The summed E-state index contributed by atoms with van der Waals surface area (Å²) < 4.78 is 6.17. The minimum absolute atomic E-state index is 0.116. The molecule has 0 spiro atoms. The zero-order valence-electron chi connectivity index (χ0n) is 22.4. The summed E-state index contributed by atoms with van der Waals surface area (Å²) in [6.07, 6.45) is 3.58. The van der Waals surface area contributed by atoms with E-state index in [2.05, 4.69) is 31.9 Å². The van der Waals surface area contributed by atoms with Crippen molar-refractivity contribution < 1.29 is 39.1 Å². The van der Waals surface area contributed by atoms with E-state index < -0.39 is 42.6 Å². The topological polar surface area (TPSA) is 141 Å². The molecule has 0 radical (unpaired) electrons. The Hall–Kier alpha value is -3.32. The highest BCUT2D eigenvalue weighted by Crippen LogP contribution is 2.57. The highest BCUT2D eigenvalue weighted by Gasteiger charge is 2.57. The second-order valence-electron chi connectivity index (χ2n) is 10.9. The van der Waals surface area contributed by atoms with Crippen LogP contribution in [0.3, 0.4) is 0 Å². The van der Waals surface area contributed by atoms with Gasteiger partial charge in [0.1, 0.15) is 0 Å². The van der Waals surface area contributed by atoms with Crippen LogP contribution in [0.25, 0.3) is 0 Å². The van der Waals surface area contributed by atoms with Gasteiger partial charge in [0.05, 0.1) is 29.1 Å². The van der Waals surface area contributed by atoms with E-state index in [1.54, 1.807) is 25.1 Å². The quantitative estimate of drug-likeness (QED) is 0.192. The molecule has 0 bridgehead atoms. The molecule has 214 valence electrons. The molecule has 2 aromatic rings. The number of rotatable bonds is 4. The number of allylic oxidation sites excluding steroid dienone is 6. The summed E-state index contributed by atoms with van der Waals surface area (Å²) in [5.74, 6) is -4.22. The highest BCUT2D eigenvalue weighted by atomic mass is 79.9. The number of Topliss-reactive ketones (excluding diaryl/α,β-unsaturated/α-hetero) is 1. The largest absolute Gasteiger partial charge is 0.503 e. The van der Waals surface area contributed by atoms with Crippen LogP contribution < -0.4 is 15.1 Å². The van der Waals surface area contributed by atoms with Crippen LogP contribution in [0.2, 0.25) is 0 Å². The van der Waals surface area contributed by atoms with Crippen LogP contribution in [0.4, 0.5) is 5.69 Å². The van der Waals surface area contributed by atoms with Crippen LogP contribution in [-0.4, -0.2) is 52.8 Å². The van der Waals surface area contributed by atoms with Crippen LogP contribution in [-0.2, 0) is 19.2 Å².